The Bertz CT molecular complexity index is 1150. The topological polar surface area (TPSA) is 67.4 Å². The lowest BCUT2D eigenvalue weighted by atomic mass is 10.1. The van der Waals surface area contributed by atoms with Crippen LogP contribution in [0.3, 0.4) is 0 Å². The van der Waals surface area contributed by atoms with Gasteiger partial charge in [-0.2, -0.15) is 13.2 Å². The number of amides is 2. The molecule has 172 valence electrons. The van der Waals surface area contributed by atoms with Gasteiger partial charge >= 0.3 is 6.18 Å². The second-order valence-electron chi connectivity index (χ2n) is 7.05. The third-order valence-electron chi connectivity index (χ3n) is 4.50. The van der Waals surface area contributed by atoms with Crippen LogP contribution in [0.15, 0.2) is 71.2 Å². The van der Waals surface area contributed by atoms with Crippen LogP contribution in [0.1, 0.15) is 39.6 Å². The molecule has 2 N–H and O–H groups in total. The van der Waals surface area contributed by atoms with Crippen molar-refractivity contribution in [2.75, 3.05) is 17.2 Å². The van der Waals surface area contributed by atoms with Crippen LogP contribution < -0.4 is 15.4 Å². The van der Waals surface area contributed by atoms with Crippen LogP contribution >= 0.6 is 15.9 Å². The molecule has 3 aromatic carbocycles. The summed E-state index contributed by atoms with van der Waals surface area (Å²) >= 11 is 3.34. The van der Waals surface area contributed by atoms with Crippen molar-refractivity contribution < 1.29 is 27.5 Å². The molecule has 0 saturated heterocycles. The first kappa shape index (κ1) is 24.3. The zero-order valence-corrected chi connectivity index (χ0v) is 19.1. The molecule has 0 aliphatic rings. The molecule has 0 saturated carbocycles. The largest absolute Gasteiger partial charge is 0.493 e. The summed E-state index contributed by atoms with van der Waals surface area (Å²) in [5, 5.41) is 5.19. The SMILES string of the molecule is CCCOc1ccc(Br)cc1C(=O)Nc1ccc(C(=O)Nc2cccc(C(F)(F)F)c2)cc1. The molecule has 0 bridgehead atoms. The van der Waals surface area contributed by atoms with Crippen LogP contribution in [0.25, 0.3) is 0 Å². The molecule has 0 heterocycles. The van der Waals surface area contributed by atoms with Gasteiger partial charge < -0.3 is 15.4 Å². The molecule has 2 amide bonds. The van der Waals surface area contributed by atoms with Gasteiger partial charge in [0.15, 0.2) is 0 Å². The Labute approximate surface area is 197 Å². The molecule has 5 nitrogen and oxygen atoms in total. The number of anilines is 2. The molecule has 0 fully saturated rings. The summed E-state index contributed by atoms with van der Waals surface area (Å²) < 4.78 is 44.9. The van der Waals surface area contributed by atoms with Gasteiger partial charge in [0.2, 0.25) is 0 Å². The zero-order chi connectivity index (χ0) is 24.0. The van der Waals surface area contributed by atoms with Gasteiger partial charge in [-0.1, -0.05) is 28.9 Å². The van der Waals surface area contributed by atoms with E-state index in [1.165, 1.54) is 36.4 Å². The minimum atomic E-state index is -4.50. The Hall–Kier alpha value is -3.33. The minimum Gasteiger partial charge on any atom is -0.493 e. The fraction of sp³-hybridized carbons (Fsp3) is 0.167. The molecule has 0 unspecified atom stereocenters. The number of halogens is 4. The number of carbonyl (C=O) groups is 2. The highest BCUT2D eigenvalue weighted by Gasteiger charge is 2.30. The third-order valence-corrected chi connectivity index (χ3v) is 4.99. The molecule has 0 atom stereocenters. The Morgan fingerprint density at radius 3 is 2.27 bits per heavy atom. The van der Waals surface area contributed by atoms with Crippen molar-refractivity contribution in [3.63, 3.8) is 0 Å². The Balaban J connectivity index is 1.69. The van der Waals surface area contributed by atoms with Crippen molar-refractivity contribution in [3.05, 3.63) is 87.9 Å². The summed E-state index contributed by atoms with van der Waals surface area (Å²) in [5.74, 6) is -0.507. The lowest BCUT2D eigenvalue weighted by molar-refractivity contribution is -0.137. The fourth-order valence-corrected chi connectivity index (χ4v) is 3.26. The Kier molecular flexibility index (Phi) is 7.75. The first-order chi connectivity index (χ1) is 15.7. The zero-order valence-electron chi connectivity index (χ0n) is 17.5. The van der Waals surface area contributed by atoms with E-state index in [4.69, 9.17) is 4.74 Å². The van der Waals surface area contributed by atoms with E-state index in [0.717, 1.165) is 23.0 Å². The van der Waals surface area contributed by atoms with Gasteiger partial charge in [-0.15, -0.1) is 0 Å². The Morgan fingerprint density at radius 1 is 0.909 bits per heavy atom. The molecule has 0 aliphatic heterocycles. The van der Waals surface area contributed by atoms with Crippen LogP contribution in [0.5, 0.6) is 5.75 Å². The molecule has 3 rings (SSSR count). The number of benzene rings is 3. The first-order valence-corrected chi connectivity index (χ1v) is 10.8. The predicted molar refractivity (Wildman–Crippen MR) is 124 cm³/mol. The number of ether oxygens (including phenoxy) is 1. The summed E-state index contributed by atoms with van der Waals surface area (Å²) in [6, 6.07) is 15.5. The van der Waals surface area contributed by atoms with Gasteiger partial charge in [0.1, 0.15) is 5.75 Å². The second kappa shape index (κ2) is 10.5. The molecule has 0 spiro atoms. The maximum absolute atomic E-state index is 12.9. The lowest BCUT2D eigenvalue weighted by Gasteiger charge is -2.12. The van der Waals surface area contributed by atoms with Gasteiger partial charge in [-0.3, -0.25) is 9.59 Å². The minimum absolute atomic E-state index is 0.0291. The number of carbonyl (C=O) groups excluding carboxylic acids is 2. The number of rotatable bonds is 7. The standard InChI is InChI=1S/C24H20BrF3N2O3/c1-2-12-33-21-11-8-17(25)14-20(21)23(32)29-18-9-6-15(7-10-18)22(31)30-19-5-3-4-16(13-19)24(26,27)28/h3-11,13-14H,2,12H2,1H3,(H,29,32)(H,30,31). The summed E-state index contributed by atoms with van der Waals surface area (Å²) in [4.78, 5) is 25.2. The summed E-state index contributed by atoms with van der Waals surface area (Å²) in [7, 11) is 0. The Morgan fingerprint density at radius 2 is 1.61 bits per heavy atom. The van der Waals surface area contributed by atoms with E-state index in [2.05, 4.69) is 26.6 Å². The number of nitrogens with one attached hydrogen (secondary N) is 2. The van der Waals surface area contributed by atoms with Crippen LogP contribution in [0, 0.1) is 0 Å². The average Bonchev–Trinajstić information content (AvgIpc) is 2.78. The van der Waals surface area contributed by atoms with Crippen molar-refractivity contribution in [3.8, 4) is 5.75 Å². The summed E-state index contributed by atoms with van der Waals surface area (Å²) in [5.41, 5.74) is 0.190. The molecular weight excluding hydrogens is 501 g/mol. The number of hydrogen-bond acceptors (Lipinski definition) is 3. The van der Waals surface area contributed by atoms with E-state index in [-0.39, 0.29) is 17.2 Å². The van der Waals surface area contributed by atoms with Crippen molar-refractivity contribution in [2.24, 2.45) is 0 Å². The predicted octanol–water partition coefficient (Wildman–Crippen LogP) is 6.76. The van der Waals surface area contributed by atoms with E-state index >= 15 is 0 Å². The van der Waals surface area contributed by atoms with Gasteiger partial charge in [0, 0.05) is 21.4 Å². The first-order valence-electron chi connectivity index (χ1n) is 9.99. The molecule has 0 aliphatic carbocycles. The van der Waals surface area contributed by atoms with Crippen LogP contribution in [0.4, 0.5) is 24.5 Å². The van der Waals surface area contributed by atoms with Gasteiger partial charge in [0.05, 0.1) is 17.7 Å². The highest BCUT2D eigenvalue weighted by atomic mass is 79.9. The molecule has 9 heteroatoms. The van der Waals surface area contributed by atoms with Gasteiger partial charge in [0.25, 0.3) is 11.8 Å². The maximum atomic E-state index is 12.9. The second-order valence-corrected chi connectivity index (χ2v) is 7.97. The monoisotopic (exact) mass is 520 g/mol. The van der Waals surface area contributed by atoms with E-state index in [1.807, 2.05) is 6.92 Å². The van der Waals surface area contributed by atoms with Crippen molar-refractivity contribution >= 4 is 39.1 Å². The number of alkyl halides is 3. The third kappa shape index (κ3) is 6.58. The van der Waals surface area contributed by atoms with E-state index in [1.54, 1.807) is 18.2 Å². The van der Waals surface area contributed by atoms with Crippen molar-refractivity contribution in [1.29, 1.82) is 0 Å². The molecule has 0 radical (unpaired) electrons. The van der Waals surface area contributed by atoms with E-state index in [9.17, 15) is 22.8 Å². The summed E-state index contributed by atoms with van der Waals surface area (Å²) in [6.07, 6.45) is -3.71. The highest BCUT2D eigenvalue weighted by Crippen LogP contribution is 2.31. The smallest absolute Gasteiger partial charge is 0.416 e. The van der Waals surface area contributed by atoms with Crippen molar-refractivity contribution in [1.82, 2.24) is 0 Å². The number of hydrogen-bond donors (Lipinski definition) is 2. The van der Waals surface area contributed by atoms with E-state index in [0.29, 0.717) is 23.6 Å². The maximum Gasteiger partial charge on any atom is 0.416 e. The molecule has 33 heavy (non-hydrogen) atoms. The normalized spacial score (nSPS) is 11.1. The summed E-state index contributed by atoms with van der Waals surface area (Å²) in [6.45, 7) is 2.43. The lowest BCUT2D eigenvalue weighted by Crippen LogP contribution is -2.15. The van der Waals surface area contributed by atoms with Gasteiger partial charge in [-0.05, 0) is 67.1 Å². The highest BCUT2D eigenvalue weighted by molar-refractivity contribution is 9.10. The van der Waals surface area contributed by atoms with Crippen LogP contribution in [0.2, 0.25) is 0 Å². The van der Waals surface area contributed by atoms with Crippen LogP contribution in [-0.4, -0.2) is 18.4 Å². The van der Waals surface area contributed by atoms with Gasteiger partial charge in [-0.25, -0.2) is 0 Å². The van der Waals surface area contributed by atoms with Crippen LogP contribution in [-0.2, 0) is 6.18 Å². The quantitative estimate of drug-likeness (QED) is 0.361. The van der Waals surface area contributed by atoms with Crippen molar-refractivity contribution in [2.45, 2.75) is 19.5 Å². The fourth-order valence-electron chi connectivity index (χ4n) is 2.90. The van der Waals surface area contributed by atoms with E-state index < -0.39 is 17.6 Å². The molecular formula is C24H20BrF3N2O3. The molecule has 3 aromatic rings. The molecule has 0 aromatic heterocycles. The average molecular weight is 521 g/mol.